The molecule has 0 atom stereocenters. The minimum absolute atomic E-state index is 0.00886. The van der Waals surface area contributed by atoms with Gasteiger partial charge in [0.1, 0.15) is 0 Å². The monoisotopic (exact) mass is 248 g/mol. The summed E-state index contributed by atoms with van der Waals surface area (Å²) in [7, 11) is -3.07. The third-order valence-corrected chi connectivity index (χ3v) is 3.13. The predicted octanol–water partition coefficient (Wildman–Crippen LogP) is 1.69. The molecule has 88 valence electrons. The van der Waals surface area contributed by atoms with Gasteiger partial charge in [-0.15, -0.1) is 0 Å². The Morgan fingerprint density at radius 2 is 1.88 bits per heavy atom. The average molecular weight is 248 g/mol. The minimum Gasteiger partial charge on any atom is -0.264 e. The van der Waals surface area contributed by atoms with Crippen molar-refractivity contribution >= 4 is 9.84 Å². The molecular formula is C12H12N2O2S. The molecule has 0 amide bonds. The number of pyridine rings is 2. The number of rotatable bonds is 3. The van der Waals surface area contributed by atoms with Crippen LogP contribution in [0.25, 0.3) is 11.1 Å². The quantitative estimate of drug-likeness (QED) is 0.829. The molecule has 0 aliphatic rings. The first-order valence-electron chi connectivity index (χ1n) is 5.07. The van der Waals surface area contributed by atoms with Gasteiger partial charge in [-0.2, -0.15) is 0 Å². The second kappa shape index (κ2) is 4.63. The van der Waals surface area contributed by atoms with Crippen LogP contribution in [0.4, 0.5) is 0 Å². The number of nitrogens with zero attached hydrogens (tertiary/aromatic N) is 2. The lowest BCUT2D eigenvalue weighted by Gasteiger charge is -2.07. The molecule has 0 aromatic carbocycles. The Hall–Kier alpha value is -1.75. The summed E-state index contributed by atoms with van der Waals surface area (Å²) in [4.78, 5) is 8.00. The smallest absolute Gasteiger partial charge is 0.151 e. The summed E-state index contributed by atoms with van der Waals surface area (Å²) in [5.74, 6) is -0.00886. The van der Waals surface area contributed by atoms with Gasteiger partial charge in [0.25, 0.3) is 0 Å². The largest absolute Gasteiger partial charge is 0.264 e. The Bertz CT molecular complexity index is 609. The van der Waals surface area contributed by atoms with Crippen LogP contribution in [0.3, 0.4) is 0 Å². The second-order valence-corrected chi connectivity index (χ2v) is 5.98. The first kappa shape index (κ1) is 11.7. The van der Waals surface area contributed by atoms with Crippen LogP contribution in [0, 0.1) is 0 Å². The van der Waals surface area contributed by atoms with Gasteiger partial charge < -0.3 is 0 Å². The molecule has 0 aliphatic carbocycles. The average Bonchev–Trinajstić information content (AvgIpc) is 2.29. The molecule has 2 heterocycles. The summed E-state index contributed by atoms with van der Waals surface area (Å²) >= 11 is 0. The van der Waals surface area contributed by atoms with E-state index in [4.69, 9.17) is 0 Å². The van der Waals surface area contributed by atoms with Gasteiger partial charge in [0.2, 0.25) is 0 Å². The molecule has 0 N–H and O–H groups in total. The molecule has 5 heteroatoms. The zero-order valence-electron chi connectivity index (χ0n) is 9.37. The van der Waals surface area contributed by atoms with Crippen LogP contribution in [0.5, 0.6) is 0 Å². The van der Waals surface area contributed by atoms with E-state index in [1.54, 1.807) is 30.9 Å². The molecule has 2 aromatic heterocycles. The fraction of sp³-hybridized carbons (Fsp3) is 0.167. The van der Waals surface area contributed by atoms with E-state index < -0.39 is 9.84 Å². The van der Waals surface area contributed by atoms with E-state index in [1.165, 1.54) is 6.26 Å². The molecule has 0 fully saturated rings. The zero-order chi connectivity index (χ0) is 12.3. The van der Waals surface area contributed by atoms with Gasteiger partial charge >= 0.3 is 0 Å². The Morgan fingerprint density at radius 3 is 2.53 bits per heavy atom. The molecule has 17 heavy (non-hydrogen) atoms. The SMILES string of the molecule is CS(=O)(=O)Cc1cnccc1-c1cccnc1. The topological polar surface area (TPSA) is 59.9 Å². The Kier molecular flexibility index (Phi) is 3.19. The molecule has 0 unspecified atom stereocenters. The molecule has 2 rings (SSSR count). The standard InChI is InChI=1S/C12H12N2O2S/c1-17(15,16)9-11-8-14-6-4-12(11)10-3-2-5-13-7-10/h2-8H,9H2,1H3. The summed E-state index contributed by atoms with van der Waals surface area (Å²) in [6, 6.07) is 5.52. The lowest BCUT2D eigenvalue weighted by molar-refractivity contribution is 0.601. The minimum atomic E-state index is -3.07. The van der Waals surface area contributed by atoms with E-state index in [9.17, 15) is 8.42 Å². The van der Waals surface area contributed by atoms with E-state index in [-0.39, 0.29) is 5.75 Å². The first-order valence-corrected chi connectivity index (χ1v) is 7.13. The summed E-state index contributed by atoms with van der Waals surface area (Å²) < 4.78 is 22.7. The first-order chi connectivity index (χ1) is 8.06. The molecule has 0 spiro atoms. The molecule has 0 radical (unpaired) electrons. The van der Waals surface area contributed by atoms with Gasteiger partial charge in [0.05, 0.1) is 5.75 Å². The van der Waals surface area contributed by atoms with Gasteiger partial charge in [0, 0.05) is 36.6 Å². The van der Waals surface area contributed by atoms with Crippen molar-refractivity contribution in [2.75, 3.05) is 6.26 Å². The lowest BCUT2D eigenvalue weighted by Crippen LogP contribution is -2.02. The Labute approximate surface area is 100 Å². The van der Waals surface area contributed by atoms with Crippen molar-refractivity contribution in [1.29, 1.82) is 0 Å². The normalized spacial score (nSPS) is 11.4. The van der Waals surface area contributed by atoms with Crippen LogP contribution in [0.2, 0.25) is 0 Å². The van der Waals surface area contributed by atoms with Crippen LogP contribution in [0.1, 0.15) is 5.56 Å². The molecule has 0 aliphatic heterocycles. The highest BCUT2D eigenvalue weighted by molar-refractivity contribution is 7.89. The van der Waals surface area contributed by atoms with Crippen LogP contribution >= 0.6 is 0 Å². The maximum Gasteiger partial charge on any atom is 0.151 e. The van der Waals surface area contributed by atoms with E-state index >= 15 is 0 Å². The Balaban J connectivity index is 2.49. The van der Waals surface area contributed by atoms with E-state index in [0.29, 0.717) is 5.56 Å². The van der Waals surface area contributed by atoms with E-state index in [1.807, 2.05) is 12.1 Å². The third kappa shape index (κ3) is 3.10. The van der Waals surface area contributed by atoms with Gasteiger partial charge in [-0.25, -0.2) is 8.42 Å². The molecule has 4 nitrogen and oxygen atoms in total. The van der Waals surface area contributed by atoms with Crippen molar-refractivity contribution in [2.24, 2.45) is 0 Å². The zero-order valence-corrected chi connectivity index (χ0v) is 10.2. The van der Waals surface area contributed by atoms with Crippen molar-refractivity contribution in [3.63, 3.8) is 0 Å². The fourth-order valence-corrected chi connectivity index (χ4v) is 2.42. The summed E-state index contributed by atoms with van der Waals surface area (Å²) in [5, 5.41) is 0. The highest BCUT2D eigenvalue weighted by Crippen LogP contribution is 2.23. The lowest BCUT2D eigenvalue weighted by atomic mass is 10.1. The number of aromatic nitrogens is 2. The Morgan fingerprint density at radius 1 is 1.12 bits per heavy atom. The van der Waals surface area contributed by atoms with E-state index in [0.717, 1.165) is 11.1 Å². The van der Waals surface area contributed by atoms with Crippen LogP contribution < -0.4 is 0 Å². The van der Waals surface area contributed by atoms with Gasteiger partial charge in [-0.3, -0.25) is 9.97 Å². The van der Waals surface area contributed by atoms with Crippen molar-refractivity contribution in [3.8, 4) is 11.1 Å². The van der Waals surface area contributed by atoms with Crippen LogP contribution in [-0.2, 0) is 15.6 Å². The van der Waals surface area contributed by atoms with Crippen LogP contribution in [-0.4, -0.2) is 24.6 Å². The van der Waals surface area contributed by atoms with Gasteiger partial charge in [-0.1, -0.05) is 6.07 Å². The second-order valence-electron chi connectivity index (χ2n) is 3.84. The van der Waals surface area contributed by atoms with Crippen molar-refractivity contribution < 1.29 is 8.42 Å². The molecule has 0 bridgehead atoms. The fourth-order valence-electron chi connectivity index (χ4n) is 1.63. The van der Waals surface area contributed by atoms with Crippen LogP contribution in [0.15, 0.2) is 43.0 Å². The van der Waals surface area contributed by atoms with Crippen molar-refractivity contribution in [2.45, 2.75) is 5.75 Å². The number of hydrogen-bond donors (Lipinski definition) is 0. The van der Waals surface area contributed by atoms with E-state index in [2.05, 4.69) is 9.97 Å². The number of hydrogen-bond acceptors (Lipinski definition) is 4. The summed E-state index contributed by atoms with van der Waals surface area (Å²) in [6.45, 7) is 0. The molecule has 2 aromatic rings. The maximum atomic E-state index is 11.3. The van der Waals surface area contributed by atoms with Gasteiger partial charge in [-0.05, 0) is 23.3 Å². The molecule has 0 saturated carbocycles. The number of sulfone groups is 1. The predicted molar refractivity (Wildman–Crippen MR) is 66.0 cm³/mol. The molecular weight excluding hydrogens is 236 g/mol. The van der Waals surface area contributed by atoms with Gasteiger partial charge in [0.15, 0.2) is 9.84 Å². The van der Waals surface area contributed by atoms with Crippen molar-refractivity contribution in [3.05, 3.63) is 48.5 Å². The highest BCUT2D eigenvalue weighted by atomic mass is 32.2. The molecule has 0 saturated heterocycles. The summed E-state index contributed by atoms with van der Waals surface area (Å²) in [5.41, 5.74) is 2.45. The third-order valence-electron chi connectivity index (χ3n) is 2.29. The highest BCUT2D eigenvalue weighted by Gasteiger charge is 2.10. The summed E-state index contributed by atoms with van der Waals surface area (Å²) in [6.07, 6.45) is 7.84. The maximum absolute atomic E-state index is 11.3. The van der Waals surface area contributed by atoms with Crippen molar-refractivity contribution in [1.82, 2.24) is 9.97 Å².